The SMILES string of the molecule is c1ccc2cc(-c3ccc4cc(-c5cccc6c5c5nc7ccccc7n5c5nc7ccccc7n65)ccc4c3)ccc2c1. The molecule has 0 aliphatic heterocycles. The highest BCUT2D eigenvalue weighted by Crippen LogP contribution is 2.37. The van der Waals surface area contributed by atoms with Crippen molar-refractivity contribution in [2.45, 2.75) is 0 Å². The third-order valence-electron chi connectivity index (χ3n) is 9.04. The zero-order valence-corrected chi connectivity index (χ0v) is 23.6. The Labute approximate surface area is 252 Å². The Balaban J connectivity index is 1.22. The lowest BCUT2D eigenvalue weighted by Gasteiger charge is -2.13. The number of benzene rings is 7. The number of para-hydroxylation sites is 4. The molecule has 0 saturated heterocycles. The first kappa shape index (κ1) is 23.6. The van der Waals surface area contributed by atoms with E-state index in [1.165, 1.54) is 38.2 Å². The van der Waals surface area contributed by atoms with Crippen LogP contribution in [-0.2, 0) is 0 Å². The molecule has 4 nitrogen and oxygen atoms in total. The van der Waals surface area contributed by atoms with Crippen LogP contribution in [0.5, 0.6) is 0 Å². The molecule has 204 valence electrons. The molecule has 10 rings (SSSR count). The van der Waals surface area contributed by atoms with Crippen molar-refractivity contribution < 1.29 is 0 Å². The molecule has 0 unspecified atom stereocenters. The number of imidazole rings is 2. The smallest absolute Gasteiger partial charge is 0.221 e. The van der Waals surface area contributed by atoms with E-state index in [0.717, 1.165) is 50.0 Å². The molecule has 4 heteroatoms. The Kier molecular flexibility index (Phi) is 4.69. The topological polar surface area (TPSA) is 34.6 Å². The molecule has 0 N–H and O–H groups in total. The second kappa shape index (κ2) is 8.76. The molecule has 0 saturated carbocycles. The van der Waals surface area contributed by atoms with Gasteiger partial charge in [-0.3, -0.25) is 8.80 Å². The predicted molar refractivity (Wildman–Crippen MR) is 182 cm³/mol. The summed E-state index contributed by atoms with van der Waals surface area (Å²) in [6.45, 7) is 0. The molecule has 0 atom stereocenters. The fourth-order valence-corrected chi connectivity index (χ4v) is 6.96. The summed E-state index contributed by atoms with van der Waals surface area (Å²) in [5, 5.41) is 6.07. The van der Waals surface area contributed by atoms with E-state index in [4.69, 9.17) is 9.97 Å². The van der Waals surface area contributed by atoms with Crippen molar-refractivity contribution in [1.29, 1.82) is 0 Å². The van der Waals surface area contributed by atoms with Gasteiger partial charge in [0.15, 0.2) is 5.65 Å². The third-order valence-corrected chi connectivity index (χ3v) is 9.04. The number of rotatable bonds is 2. The second-order valence-corrected chi connectivity index (χ2v) is 11.5. The minimum Gasteiger partial charge on any atom is -0.277 e. The average molecular weight is 561 g/mol. The van der Waals surface area contributed by atoms with Gasteiger partial charge in [-0.2, -0.15) is 0 Å². The van der Waals surface area contributed by atoms with Crippen LogP contribution < -0.4 is 0 Å². The molecule has 3 aromatic heterocycles. The van der Waals surface area contributed by atoms with Crippen LogP contribution in [0.15, 0.2) is 146 Å². The van der Waals surface area contributed by atoms with Crippen LogP contribution in [-0.4, -0.2) is 18.8 Å². The molecule has 0 fully saturated rings. The van der Waals surface area contributed by atoms with Crippen molar-refractivity contribution >= 4 is 65.9 Å². The molecule has 3 heterocycles. The minimum atomic E-state index is 0.874. The molecule has 44 heavy (non-hydrogen) atoms. The van der Waals surface area contributed by atoms with Crippen LogP contribution in [0.3, 0.4) is 0 Å². The summed E-state index contributed by atoms with van der Waals surface area (Å²) in [5.74, 6) is 0.874. The molecule has 0 spiro atoms. The van der Waals surface area contributed by atoms with Gasteiger partial charge < -0.3 is 0 Å². The summed E-state index contributed by atoms with van der Waals surface area (Å²) in [6, 6.07) is 52.1. The fraction of sp³-hybridized carbons (Fsp3) is 0. The Bertz CT molecular complexity index is 2780. The van der Waals surface area contributed by atoms with Gasteiger partial charge in [0.05, 0.1) is 27.6 Å². The van der Waals surface area contributed by atoms with E-state index in [1.54, 1.807) is 0 Å². The highest BCUT2D eigenvalue weighted by Gasteiger charge is 2.20. The highest BCUT2D eigenvalue weighted by atomic mass is 15.2. The van der Waals surface area contributed by atoms with Crippen molar-refractivity contribution in [2.75, 3.05) is 0 Å². The summed E-state index contributed by atoms with van der Waals surface area (Å²) >= 11 is 0. The summed E-state index contributed by atoms with van der Waals surface area (Å²) in [5.41, 5.74) is 10.9. The maximum atomic E-state index is 5.19. The number of nitrogens with zero attached hydrogens (tertiary/aromatic N) is 4. The number of aromatic nitrogens is 4. The van der Waals surface area contributed by atoms with E-state index in [2.05, 4.69) is 142 Å². The van der Waals surface area contributed by atoms with E-state index in [1.807, 2.05) is 12.1 Å². The lowest BCUT2D eigenvalue weighted by molar-refractivity contribution is 1.14. The number of hydrogen-bond donors (Lipinski definition) is 0. The van der Waals surface area contributed by atoms with Gasteiger partial charge in [0, 0.05) is 5.39 Å². The van der Waals surface area contributed by atoms with Crippen LogP contribution in [0.2, 0.25) is 0 Å². The van der Waals surface area contributed by atoms with E-state index in [9.17, 15) is 0 Å². The highest BCUT2D eigenvalue weighted by molar-refractivity contribution is 6.09. The lowest BCUT2D eigenvalue weighted by atomic mass is 9.95. The van der Waals surface area contributed by atoms with Crippen molar-refractivity contribution in [1.82, 2.24) is 18.8 Å². The van der Waals surface area contributed by atoms with Crippen LogP contribution in [0.1, 0.15) is 0 Å². The zero-order chi connectivity index (χ0) is 28.8. The normalized spacial score (nSPS) is 12.1. The van der Waals surface area contributed by atoms with Gasteiger partial charge >= 0.3 is 0 Å². The van der Waals surface area contributed by atoms with Gasteiger partial charge in [-0.25, -0.2) is 9.97 Å². The Morgan fingerprint density at radius 2 is 0.932 bits per heavy atom. The molecular formula is C40H24N4. The largest absolute Gasteiger partial charge is 0.277 e. The van der Waals surface area contributed by atoms with Crippen molar-refractivity contribution in [3.8, 4) is 22.3 Å². The summed E-state index contributed by atoms with van der Waals surface area (Å²) < 4.78 is 4.50. The van der Waals surface area contributed by atoms with Gasteiger partial charge in [-0.15, -0.1) is 0 Å². The molecule has 0 amide bonds. The molecule has 10 aromatic rings. The molecule has 7 aromatic carbocycles. The first-order chi connectivity index (χ1) is 21.8. The van der Waals surface area contributed by atoms with Crippen LogP contribution in [0.25, 0.3) is 88.2 Å². The standard InChI is InChI=1S/C40H24N4/c1-2-9-26-22-27(17-16-25(26)8-1)28-18-19-30-24-31(21-20-29(30)23-28)32-10-7-15-37-38(32)39-41-33-11-3-6-14-36(33)44(39)40-42-34-12-4-5-13-35(34)43(37)40/h1-24H. The molecule has 0 aliphatic carbocycles. The second-order valence-electron chi connectivity index (χ2n) is 11.5. The van der Waals surface area contributed by atoms with E-state index >= 15 is 0 Å². The van der Waals surface area contributed by atoms with Crippen molar-refractivity contribution in [2.24, 2.45) is 0 Å². The fourth-order valence-electron chi connectivity index (χ4n) is 6.96. The maximum Gasteiger partial charge on any atom is 0.221 e. The molecule has 0 bridgehead atoms. The summed E-state index contributed by atoms with van der Waals surface area (Å²) in [4.78, 5) is 10.3. The predicted octanol–water partition coefficient (Wildman–Crippen LogP) is 10.1. The average Bonchev–Trinajstić information content (AvgIpc) is 3.67. The maximum absolute atomic E-state index is 5.19. The first-order valence-electron chi connectivity index (χ1n) is 14.9. The Hall–Kier alpha value is -6.00. The van der Waals surface area contributed by atoms with Gasteiger partial charge in [-0.05, 0) is 92.3 Å². The molecule has 0 aliphatic rings. The van der Waals surface area contributed by atoms with Gasteiger partial charge in [0.2, 0.25) is 5.78 Å². The van der Waals surface area contributed by atoms with E-state index < -0.39 is 0 Å². The van der Waals surface area contributed by atoms with Crippen LogP contribution >= 0.6 is 0 Å². The van der Waals surface area contributed by atoms with Gasteiger partial charge in [0.25, 0.3) is 0 Å². The van der Waals surface area contributed by atoms with E-state index in [0.29, 0.717) is 0 Å². The van der Waals surface area contributed by atoms with E-state index in [-0.39, 0.29) is 0 Å². The first-order valence-corrected chi connectivity index (χ1v) is 14.9. The Morgan fingerprint density at radius 3 is 1.70 bits per heavy atom. The summed E-state index contributed by atoms with van der Waals surface area (Å²) in [7, 11) is 0. The third kappa shape index (κ3) is 3.28. The Morgan fingerprint density at radius 1 is 0.386 bits per heavy atom. The summed E-state index contributed by atoms with van der Waals surface area (Å²) in [6.07, 6.45) is 0. The van der Waals surface area contributed by atoms with Crippen LogP contribution in [0.4, 0.5) is 0 Å². The van der Waals surface area contributed by atoms with Crippen molar-refractivity contribution in [3.05, 3.63) is 146 Å². The number of fused-ring (bicyclic) bond motifs is 12. The lowest BCUT2D eigenvalue weighted by Crippen LogP contribution is -1.99. The quantitative estimate of drug-likeness (QED) is 0.211. The monoisotopic (exact) mass is 560 g/mol. The minimum absolute atomic E-state index is 0.874. The van der Waals surface area contributed by atoms with Gasteiger partial charge in [-0.1, -0.05) is 97.1 Å². The number of hydrogen-bond acceptors (Lipinski definition) is 2. The zero-order valence-electron chi connectivity index (χ0n) is 23.6. The van der Waals surface area contributed by atoms with Gasteiger partial charge in [0.1, 0.15) is 0 Å². The van der Waals surface area contributed by atoms with Crippen LogP contribution in [0, 0.1) is 0 Å². The molecule has 0 radical (unpaired) electrons. The van der Waals surface area contributed by atoms with Crippen molar-refractivity contribution in [3.63, 3.8) is 0 Å². The molecular weight excluding hydrogens is 536 g/mol.